The van der Waals surface area contributed by atoms with Gasteiger partial charge in [0.25, 0.3) is 5.56 Å². The van der Waals surface area contributed by atoms with E-state index in [1.165, 1.54) is 16.7 Å². The lowest BCUT2D eigenvalue weighted by molar-refractivity contribution is -0.937. The molecule has 1 unspecified atom stereocenters. The van der Waals surface area contributed by atoms with Crippen LogP contribution in [0.3, 0.4) is 0 Å². The molecule has 0 saturated carbocycles. The largest absolute Gasteiger partial charge is 0.329 e. The van der Waals surface area contributed by atoms with Crippen molar-refractivity contribution in [1.29, 1.82) is 0 Å². The van der Waals surface area contributed by atoms with Crippen molar-refractivity contribution in [2.75, 3.05) is 17.6 Å². The number of thioether (sulfide) groups is 1. The number of anilines is 1. The Morgan fingerprint density at radius 1 is 1.44 bits per heavy atom. The minimum atomic E-state index is -0.171. The van der Waals surface area contributed by atoms with Crippen molar-refractivity contribution in [2.24, 2.45) is 0 Å². The molecular formula is C19H24ClN4O2S+. The van der Waals surface area contributed by atoms with Crippen LogP contribution in [0.15, 0.2) is 28.2 Å². The molecule has 2 heterocycles. The molecule has 1 atom stereocenters. The van der Waals surface area contributed by atoms with Crippen LogP contribution in [0.5, 0.6) is 0 Å². The molecule has 3 N–H and O–H groups in total. The fourth-order valence-electron chi connectivity index (χ4n) is 3.07. The highest BCUT2D eigenvalue weighted by Gasteiger charge is 2.25. The number of benzene rings is 1. The van der Waals surface area contributed by atoms with Gasteiger partial charge in [-0.15, -0.1) is 0 Å². The highest BCUT2D eigenvalue weighted by atomic mass is 35.5. The summed E-state index contributed by atoms with van der Waals surface area (Å²) in [6.07, 6.45) is 0.786. The van der Waals surface area contributed by atoms with Gasteiger partial charge in [0.2, 0.25) is 5.91 Å². The van der Waals surface area contributed by atoms with Crippen LogP contribution in [-0.2, 0) is 17.8 Å². The molecule has 1 aromatic heterocycles. The Balaban J connectivity index is 1.63. The number of carbonyl (C=O) groups is 1. The van der Waals surface area contributed by atoms with E-state index < -0.39 is 0 Å². The van der Waals surface area contributed by atoms with E-state index in [1.807, 2.05) is 19.1 Å². The van der Waals surface area contributed by atoms with Gasteiger partial charge in [-0.05, 0) is 38.5 Å². The number of fused-ring (bicyclic) bond motifs is 1. The molecule has 144 valence electrons. The minimum Gasteiger partial charge on any atom is -0.329 e. The normalized spacial score (nSPS) is 16.3. The predicted molar refractivity (Wildman–Crippen MR) is 109 cm³/mol. The Morgan fingerprint density at radius 2 is 2.22 bits per heavy atom. The second-order valence-electron chi connectivity index (χ2n) is 7.09. The van der Waals surface area contributed by atoms with Crippen molar-refractivity contribution in [1.82, 2.24) is 9.97 Å². The highest BCUT2D eigenvalue weighted by molar-refractivity contribution is 7.99. The van der Waals surface area contributed by atoms with Gasteiger partial charge in [-0.3, -0.25) is 9.59 Å². The van der Waals surface area contributed by atoms with E-state index in [-0.39, 0.29) is 17.2 Å². The molecule has 6 nitrogen and oxygen atoms in total. The molecule has 3 rings (SSSR count). The number of amides is 1. The van der Waals surface area contributed by atoms with E-state index in [9.17, 15) is 9.59 Å². The zero-order chi connectivity index (χ0) is 19.6. The molecule has 0 radical (unpaired) electrons. The zero-order valence-corrected chi connectivity index (χ0v) is 17.3. The van der Waals surface area contributed by atoms with Crippen LogP contribution in [0.25, 0.3) is 0 Å². The topological polar surface area (TPSA) is 79.3 Å². The summed E-state index contributed by atoms with van der Waals surface area (Å²) in [6, 6.07) is 5.87. The number of aromatic amines is 1. The van der Waals surface area contributed by atoms with Crippen molar-refractivity contribution in [2.45, 2.75) is 44.9 Å². The number of halogens is 1. The summed E-state index contributed by atoms with van der Waals surface area (Å²) in [5.41, 5.74) is 3.15. The number of quaternary nitrogens is 1. The van der Waals surface area contributed by atoms with Gasteiger partial charge < -0.3 is 15.2 Å². The third-order valence-corrected chi connectivity index (χ3v) is 6.06. The lowest BCUT2D eigenvalue weighted by Gasteiger charge is -2.27. The SMILES string of the molecule is Cc1ccc(NC(=O)CSc2nc3c(c(=O)[nH]2)C[NH+](C(C)C)CC3)cc1Cl. The van der Waals surface area contributed by atoms with E-state index in [4.69, 9.17) is 11.6 Å². The maximum Gasteiger partial charge on any atom is 0.260 e. The molecule has 0 fully saturated rings. The summed E-state index contributed by atoms with van der Waals surface area (Å²) in [4.78, 5) is 33.4. The number of aryl methyl sites for hydroxylation is 1. The second-order valence-corrected chi connectivity index (χ2v) is 8.46. The van der Waals surface area contributed by atoms with Crippen LogP contribution in [-0.4, -0.2) is 34.2 Å². The maximum absolute atomic E-state index is 12.4. The van der Waals surface area contributed by atoms with Gasteiger partial charge in [0.15, 0.2) is 5.16 Å². The number of hydrogen-bond donors (Lipinski definition) is 3. The first-order valence-corrected chi connectivity index (χ1v) is 10.3. The minimum absolute atomic E-state index is 0.0916. The van der Waals surface area contributed by atoms with E-state index in [1.54, 1.807) is 6.07 Å². The number of nitrogens with one attached hydrogen (secondary N) is 3. The number of nitrogens with zero attached hydrogens (tertiary/aromatic N) is 1. The average molecular weight is 408 g/mol. The number of rotatable bonds is 5. The van der Waals surface area contributed by atoms with E-state index in [2.05, 4.69) is 29.1 Å². The first kappa shape index (κ1) is 19.9. The molecule has 2 aromatic rings. The lowest BCUT2D eigenvalue weighted by Crippen LogP contribution is -3.14. The number of carbonyl (C=O) groups excluding carboxylic acids is 1. The van der Waals surface area contributed by atoms with E-state index in [0.717, 1.165) is 29.8 Å². The smallest absolute Gasteiger partial charge is 0.260 e. The number of aromatic nitrogens is 2. The Labute approximate surface area is 167 Å². The van der Waals surface area contributed by atoms with Gasteiger partial charge >= 0.3 is 0 Å². The van der Waals surface area contributed by atoms with Crippen molar-refractivity contribution in [3.05, 3.63) is 50.4 Å². The Morgan fingerprint density at radius 3 is 2.93 bits per heavy atom. The summed E-state index contributed by atoms with van der Waals surface area (Å²) in [7, 11) is 0. The standard InChI is InChI=1S/C19H23ClN4O2S/c1-11(2)24-7-6-16-14(9-24)18(26)23-19(22-16)27-10-17(25)21-13-5-4-12(3)15(20)8-13/h4-5,8,11H,6-7,9-10H2,1-3H3,(H,21,25)(H,22,23,26)/p+1. The van der Waals surface area contributed by atoms with Gasteiger partial charge in [0.1, 0.15) is 6.54 Å². The van der Waals surface area contributed by atoms with Crippen molar-refractivity contribution < 1.29 is 9.69 Å². The fraction of sp³-hybridized carbons (Fsp3) is 0.421. The van der Waals surface area contributed by atoms with Gasteiger partial charge in [-0.1, -0.05) is 29.4 Å². The zero-order valence-electron chi connectivity index (χ0n) is 15.7. The molecular weight excluding hydrogens is 384 g/mol. The van der Waals surface area contributed by atoms with E-state index in [0.29, 0.717) is 28.5 Å². The molecule has 0 saturated heterocycles. The van der Waals surface area contributed by atoms with Crippen LogP contribution in [0, 0.1) is 6.92 Å². The van der Waals surface area contributed by atoms with Crippen molar-refractivity contribution >= 4 is 35.0 Å². The Hall–Kier alpha value is -1.83. The molecule has 27 heavy (non-hydrogen) atoms. The molecule has 1 aliphatic rings. The summed E-state index contributed by atoms with van der Waals surface area (Å²) in [5.74, 6) is -0.00735. The number of hydrogen-bond acceptors (Lipinski definition) is 4. The Kier molecular flexibility index (Phi) is 6.24. The molecule has 0 aliphatic carbocycles. The third kappa shape index (κ3) is 4.91. The predicted octanol–water partition coefficient (Wildman–Crippen LogP) is 1.81. The van der Waals surface area contributed by atoms with Crippen LogP contribution >= 0.6 is 23.4 Å². The quantitative estimate of drug-likeness (QED) is 0.521. The monoisotopic (exact) mass is 407 g/mol. The summed E-state index contributed by atoms with van der Waals surface area (Å²) < 4.78 is 0. The first-order valence-electron chi connectivity index (χ1n) is 8.99. The van der Waals surface area contributed by atoms with Gasteiger partial charge in [-0.25, -0.2) is 4.98 Å². The maximum atomic E-state index is 12.4. The number of H-pyrrole nitrogens is 1. The summed E-state index contributed by atoms with van der Waals surface area (Å²) in [6.45, 7) is 7.90. The van der Waals surface area contributed by atoms with Crippen molar-refractivity contribution in [3.63, 3.8) is 0 Å². The molecule has 8 heteroatoms. The molecule has 1 amide bonds. The molecule has 1 aromatic carbocycles. The summed E-state index contributed by atoms with van der Waals surface area (Å²) in [5, 5.41) is 3.91. The van der Waals surface area contributed by atoms with Crippen LogP contribution in [0.4, 0.5) is 5.69 Å². The molecule has 0 bridgehead atoms. The lowest BCUT2D eigenvalue weighted by atomic mass is 10.1. The van der Waals surface area contributed by atoms with Crippen LogP contribution in [0.2, 0.25) is 5.02 Å². The molecule has 1 aliphatic heterocycles. The first-order chi connectivity index (χ1) is 12.8. The van der Waals surface area contributed by atoms with Crippen LogP contribution < -0.4 is 15.8 Å². The summed E-state index contributed by atoms with van der Waals surface area (Å²) >= 11 is 7.31. The van der Waals surface area contributed by atoms with Crippen LogP contribution in [0.1, 0.15) is 30.7 Å². The van der Waals surface area contributed by atoms with Gasteiger partial charge in [0, 0.05) is 17.1 Å². The molecule has 0 spiro atoms. The third-order valence-electron chi connectivity index (χ3n) is 4.78. The fourth-order valence-corrected chi connectivity index (χ4v) is 3.93. The van der Waals surface area contributed by atoms with Gasteiger partial charge in [0.05, 0.1) is 29.6 Å². The highest BCUT2D eigenvalue weighted by Crippen LogP contribution is 2.20. The van der Waals surface area contributed by atoms with Crippen molar-refractivity contribution in [3.8, 4) is 0 Å². The average Bonchev–Trinajstić information content (AvgIpc) is 2.63. The van der Waals surface area contributed by atoms with Gasteiger partial charge in [-0.2, -0.15) is 0 Å². The van der Waals surface area contributed by atoms with E-state index >= 15 is 0 Å². The second kappa shape index (κ2) is 8.46. The Bertz CT molecular complexity index is 913.